The molecule has 1 aliphatic carbocycles. The molecule has 1 unspecified atom stereocenters. The van der Waals surface area contributed by atoms with Crippen LogP contribution in [0, 0.1) is 12.8 Å². The molecule has 2 aromatic rings. The Morgan fingerprint density at radius 2 is 1.77 bits per heavy atom. The van der Waals surface area contributed by atoms with Gasteiger partial charge in [0.15, 0.2) is 0 Å². The smallest absolute Gasteiger partial charge is 0.257 e. The molecule has 0 radical (unpaired) electrons. The number of carbonyl (C=O) groups excluding carboxylic acids is 4. The highest BCUT2D eigenvalue weighted by molar-refractivity contribution is 5.98. The summed E-state index contributed by atoms with van der Waals surface area (Å²) in [4.78, 5) is 72.2. The van der Waals surface area contributed by atoms with E-state index in [0.717, 1.165) is 50.1 Å². The molecule has 2 aliphatic heterocycles. The molecule has 2 fully saturated rings. The number of rotatable bonds is 5. The van der Waals surface area contributed by atoms with Gasteiger partial charge >= 0.3 is 0 Å². The lowest BCUT2D eigenvalue weighted by molar-refractivity contribution is -0.139. The number of carbonyl (C=O) groups is 4. The van der Waals surface area contributed by atoms with E-state index in [0.29, 0.717) is 68.4 Å². The van der Waals surface area contributed by atoms with Gasteiger partial charge in [-0.25, -0.2) is 9.97 Å². The van der Waals surface area contributed by atoms with Crippen molar-refractivity contribution in [1.82, 2.24) is 35.3 Å². The largest absolute Gasteiger partial charge is 0.354 e. The second kappa shape index (κ2) is 15.2. The SMILES string of the molecule is Cc1nc(N2CCN(C)CC2)ncc1C(=O)N1CCCCNC(=O)C2(CCCc3ccccc32)NC(=O)CN(CCC(C)C)C(=O)C1. The summed E-state index contributed by atoms with van der Waals surface area (Å²) in [5, 5.41) is 6.16. The zero-order valence-electron chi connectivity index (χ0n) is 28.4. The van der Waals surface area contributed by atoms with Crippen LogP contribution >= 0.6 is 0 Å². The van der Waals surface area contributed by atoms with E-state index in [-0.39, 0.29) is 30.8 Å². The number of aromatic nitrogens is 2. The third-order valence-corrected chi connectivity index (χ3v) is 9.62. The molecule has 4 amide bonds. The fourth-order valence-corrected chi connectivity index (χ4v) is 6.70. The maximum Gasteiger partial charge on any atom is 0.257 e. The van der Waals surface area contributed by atoms with Gasteiger partial charge < -0.3 is 30.2 Å². The maximum absolute atomic E-state index is 14.0. The lowest BCUT2D eigenvalue weighted by atomic mass is 9.75. The molecular formula is C35H50N8O4. The first-order chi connectivity index (χ1) is 22.6. The molecule has 2 N–H and O–H groups in total. The van der Waals surface area contributed by atoms with Gasteiger partial charge in [0.25, 0.3) is 5.91 Å². The zero-order chi connectivity index (χ0) is 33.6. The normalized spacial score (nSPS) is 22.1. The molecule has 1 aromatic heterocycles. The van der Waals surface area contributed by atoms with Crippen LogP contribution in [0.15, 0.2) is 30.5 Å². The molecule has 3 aliphatic rings. The standard InChI is InChI=1S/C35H50N8O4/c1-25(2)13-17-42-23-30(44)39-35(14-9-11-27-10-5-6-12-29(27)35)33(47)36-15-7-8-16-43(24-31(42)45)32(46)28-22-37-34(38-26(28)3)41-20-18-40(4)19-21-41/h5-6,10,12,22,25H,7-9,11,13-21,23-24H2,1-4H3,(H,36,47)(H,39,44). The van der Waals surface area contributed by atoms with Crippen molar-refractivity contribution in [1.29, 1.82) is 0 Å². The summed E-state index contributed by atoms with van der Waals surface area (Å²) >= 11 is 0. The first kappa shape index (κ1) is 34.3. The molecule has 3 heterocycles. The van der Waals surface area contributed by atoms with Crippen LogP contribution in [0.2, 0.25) is 0 Å². The molecule has 1 aromatic carbocycles. The Balaban J connectivity index is 1.38. The van der Waals surface area contributed by atoms with Gasteiger partial charge in [-0.15, -0.1) is 0 Å². The Morgan fingerprint density at radius 3 is 2.51 bits per heavy atom. The van der Waals surface area contributed by atoms with Crippen molar-refractivity contribution >= 4 is 29.6 Å². The third kappa shape index (κ3) is 8.09. The Kier molecular flexibility index (Phi) is 11.1. The lowest BCUT2D eigenvalue weighted by Gasteiger charge is -2.39. The molecule has 1 atom stereocenters. The highest BCUT2D eigenvalue weighted by Crippen LogP contribution is 2.36. The van der Waals surface area contributed by atoms with E-state index in [2.05, 4.69) is 51.3 Å². The lowest BCUT2D eigenvalue weighted by Crippen LogP contribution is -2.60. The van der Waals surface area contributed by atoms with E-state index in [1.807, 2.05) is 24.3 Å². The zero-order valence-corrected chi connectivity index (χ0v) is 28.4. The molecule has 1 spiro atoms. The van der Waals surface area contributed by atoms with Crippen LogP contribution in [0.25, 0.3) is 0 Å². The number of benzene rings is 1. The van der Waals surface area contributed by atoms with Gasteiger partial charge in [0, 0.05) is 52.0 Å². The fourth-order valence-electron chi connectivity index (χ4n) is 6.70. The number of aryl methyl sites for hydroxylation is 2. The van der Waals surface area contributed by atoms with E-state index in [1.165, 1.54) is 9.80 Å². The van der Waals surface area contributed by atoms with Crippen LogP contribution in [0.1, 0.15) is 73.1 Å². The van der Waals surface area contributed by atoms with Crippen LogP contribution in [0.4, 0.5) is 5.95 Å². The molecule has 0 bridgehead atoms. The van der Waals surface area contributed by atoms with Crippen LogP contribution in [-0.2, 0) is 26.3 Å². The topological polar surface area (TPSA) is 131 Å². The minimum absolute atomic E-state index is 0.163. The van der Waals surface area contributed by atoms with Crippen molar-refractivity contribution in [3.63, 3.8) is 0 Å². The molecular weight excluding hydrogens is 596 g/mol. The minimum atomic E-state index is -1.20. The van der Waals surface area contributed by atoms with E-state index < -0.39 is 11.4 Å². The number of nitrogens with one attached hydrogen (secondary N) is 2. The summed E-state index contributed by atoms with van der Waals surface area (Å²) in [6, 6.07) is 7.78. The average molecular weight is 647 g/mol. The molecule has 0 saturated carbocycles. The summed E-state index contributed by atoms with van der Waals surface area (Å²) in [5.41, 5.74) is 1.59. The fraction of sp³-hybridized carbons (Fsp3) is 0.600. The number of fused-ring (bicyclic) bond motifs is 2. The predicted molar refractivity (Wildman–Crippen MR) is 180 cm³/mol. The number of piperazine rings is 1. The van der Waals surface area contributed by atoms with Gasteiger partial charge in [-0.05, 0) is 69.5 Å². The van der Waals surface area contributed by atoms with E-state index in [9.17, 15) is 19.2 Å². The van der Waals surface area contributed by atoms with Crippen molar-refractivity contribution in [2.45, 2.75) is 64.8 Å². The van der Waals surface area contributed by atoms with Crippen LogP contribution in [0.3, 0.4) is 0 Å². The Bertz CT molecular complexity index is 1460. The first-order valence-corrected chi connectivity index (χ1v) is 17.1. The molecule has 5 rings (SSSR count). The predicted octanol–water partition coefficient (Wildman–Crippen LogP) is 2.11. The molecule has 2 saturated heterocycles. The van der Waals surface area contributed by atoms with Crippen molar-refractivity contribution in [3.8, 4) is 0 Å². The van der Waals surface area contributed by atoms with E-state index >= 15 is 0 Å². The van der Waals surface area contributed by atoms with E-state index in [1.54, 1.807) is 13.1 Å². The number of hydrogen-bond donors (Lipinski definition) is 2. The number of amides is 4. The van der Waals surface area contributed by atoms with Gasteiger partial charge in [0.2, 0.25) is 23.7 Å². The van der Waals surface area contributed by atoms with Crippen LogP contribution < -0.4 is 15.5 Å². The van der Waals surface area contributed by atoms with Gasteiger partial charge in [0.05, 0.1) is 17.8 Å². The summed E-state index contributed by atoms with van der Waals surface area (Å²) in [6.07, 6.45) is 5.54. The summed E-state index contributed by atoms with van der Waals surface area (Å²) in [7, 11) is 2.09. The second-order valence-corrected chi connectivity index (χ2v) is 13.6. The van der Waals surface area contributed by atoms with Gasteiger partial charge in [-0.2, -0.15) is 0 Å². The number of hydrogen-bond acceptors (Lipinski definition) is 8. The summed E-state index contributed by atoms with van der Waals surface area (Å²) in [5.74, 6) is -0.352. The van der Waals surface area contributed by atoms with E-state index in [4.69, 9.17) is 0 Å². The van der Waals surface area contributed by atoms with Gasteiger partial charge in [-0.3, -0.25) is 19.2 Å². The number of anilines is 1. The summed E-state index contributed by atoms with van der Waals surface area (Å²) < 4.78 is 0. The quantitative estimate of drug-likeness (QED) is 0.506. The van der Waals surface area contributed by atoms with Crippen molar-refractivity contribution in [2.24, 2.45) is 5.92 Å². The van der Waals surface area contributed by atoms with Crippen molar-refractivity contribution in [3.05, 3.63) is 52.8 Å². The molecule has 12 nitrogen and oxygen atoms in total. The number of likely N-dealkylation sites (N-methyl/N-ethyl adjacent to an activating group) is 1. The molecule has 12 heteroatoms. The highest BCUT2D eigenvalue weighted by atomic mass is 16.2. The van der Waals surface area contributed by atoms with Crippen LogP contribution in [-0.4, -0.2) is 114 Å². The molecule has 47 heavy (non-hydrogen) atoms. The van der Waals surface area contributed by atoms with Gasteiger partial charge in [-0.1, -0.05) is 38.1 Å². The highest BCUT2D eigenvalue weighted by Gasteiger charge is 2.45. The van der Waals surface area contributed by atoms with Crippen molar-refractivity contribution in [2.75, 3.05) is 70.9 Å². The van der Waals surface area contributed by atoms with Gasteiger partial charge in [0.1, 0.15) is 12.1 Å². The minimum Gasteiger partial charge on any atom is -0.354 e. The van der Waals surface area contributed by atoms with Crippen LogP contribution in [0.5, 0.6) is 0 Å². The summed E-state index contributed by atoms with van der Waals surface area (Å²) in [6.45, 7) is 10.1. The maximum atomic E-state index is 14.0. The molecule has 254 valence electrons. The third-order valence-electron chi connectivity index (χ3n) is 9.62. The first-order valence-electron chi connectivity index (χ1n) is 17.1. The monoisotopic (exact) mass is 646 g/mol. The Labute approximate surface area is 278 Å². The number of nitrogens with zero attached hydrogens (tertiary/aromatic N) is 6. The Hall–Kier alpha value is -4.06. The van der Waals surface area contributed by atoms with Crippen molar-refractivity contribution < 1.29 is 19.2 Å². The Morgan fingerprint density at radius 1 is 1.00 bits per heavy atom. The average Bonchev–Trinajstić information content (AvgIpc) is 3.05. The second-order valence-electron chi connectivity index (χ2n) is 13.6.